The Morgan fingerprint density at radius 3 is 2.69 bits per heavy atom. The van der Waals surface area contributed by atoms with Crippen LogP contribution in [0.25, 0.3) is 0 Å². The monoisotopic (exact) mass is 248 g/mol. The highest BCUT2D eigenvalue weighted by atomic mass is 32.2. The van der Waals surface area contributed by atoms with Crippen LogP contribution in [-0.2, 0) is 10.1 Å². The van der Waals surface area contributed by atoms with Crippen molar-refractivity contribution in [3.8, 4) is 0 Å². The van der Waals surface area contributed by atoms with E-state index in [1.54, 1.807) is 0 Å². The number of nitrogens with two attached hydrogens (primary N) is 1. The summed E-state index contributed by atoms with van der Waals surface area (Å²) in [5.74, 6) is 4.73. The fourth-order valence-corrected chi connectivity index (χ4v) is 1.84. The molecule has 88 valence electrons. The van der Waals surface area contributed by atoms with E-state index in [1.165, 1.54) is 0 Å². The van der Waals surface area contributed by atoms with Crippen molar-refractivity contribution in [3.63, 3.8) is 0 Å². The number of rotatable bonds is 3. The van der Waals surface area contributed by atoms with Crippen LogP contribution in [0.2, 0.25) is 0 Å². The van der Waals surface area contributed by atoms with Gasteiger partial charge in [0.05, 0.1) is 16.2 Å². The van der Waals surface area contributed by atoms with Crippen LogP contribution in [0.5, 0.6) is 0 Å². The molecule has 0 aromatic carbocycles. The molecule has 0 aliphatic heterocycles. The fraction of sp³-hybridized carbons (Fsp3) is 0.333. The summed E-state index contributed by atoms with van der Waals surface area (Å²) in [6.45, 7) is 0. The zero-order valence-electron chi connectivity index (χ0n) is 7.85. The molecule has 0 amide bonds. The fourth-order valence-electron chi connectivity index (χ4n) is 1.19. The molecule has 0 heterocycles. The van der Waals surface area contributed by atoms with Crippen LogP contribution in [0, 0.1) is 10.1 Å². The van der Waals surface area contributed by atoms with Crippen molar-refractivity contribution in [3.05, 3.63) is 33.2 Å². The summed E-state index contributed by atoms with van der Waals surface area (Å²) in [6.07, 6.45) is 2.56. The van der Waals surface area contributed by atoms with E-state index in [2.05, 4.69) is 10.3 Å². The van der Waals surface area contributed by atoms with E-state index in [-0.39, 0.29) is 0 Å². The summed E-state index contributed by atoms with van der Waals surface area (Å²) in [5, 5.41) is 16.8. The zero-order chi connectivity index (χ0) is 12.4. The molecule has 0 saturated heterocycles. The minimum absolute atomic E-state index is 0.515. The van der Waals surface area contributed by atoms with Gasteiger partial charge < -0.3 is 5.84 Å². The summed E-state index contributed by atoms with van der Waals surface area (Å²) in [6, 6.07) is 0. The molecule has 10 heteroatoms. The number of allylic oxidation sites excluding steroid dienone is 2. The molecule has 0 saturated carbocycles. The molecular weight excluding hydrogens is 240 g/mol. The zero-order valence-corrected chi connectivity index (χ0v) is 8.66. The van der Waals surface area contributed by atoms with Crippen LogP contribution >= 0.6 is 0 Å². The van der Waals surface area contributed by atoms with Gasteiger partial charge in [0.1, 0.15) is 0 Å². The summed E-state index contributed by atoms with van der Waals surface area (Å²) in [4.78, 5) is 9.43. The topological polar surface area (TPSA) is 148 Å². The molecule has 9 nitrogen and oxygen atoms in total. The van der Waals surface area contributed by atoms with Crippen molar-refractivity contribution < 1.29 is 17.9 Å². The third-order valence-corrected chi connectivity index (χ3v) is 2.90. The molecule has 0 aromatic rings. The Bertz CT molecular complexity index is 493. The van der Waals surface area contributed by atoms with Crippen LogP contribution in [0.4, 0.5) is 0 Å². The van der Waals surface area contributed by atoms with Crippen molar-refractivity contribution >= 4 is 10.1 Å². The van der Waals surface area contributed by atoms with Crippen LogP contribution in [-0.4, -0.2) is 23.6 Å². The maximum atomic E-state index is 10.8. The average Bonchev–Trinajstić information content (AvgIpc) is 2.17. The van der Waals surface area contributed by atoms with E-state index in [0.29, 0.717) is 0 Å². The predicted molar refractivity (Wildman–Crippen MR) is 52.2 cm³/mol. The van der Waals surface area contributed by atoms with Crippen LogP contribution in [0.1, 0.15) is 6.42 Å². The molecule has 0 spiro atoms. The van der Waals surface area contributed by atoms with Crippen LogP contribution < -0.4 is 5.84 Å². The molecular formula is C6H8N4O5S. The first kappa shape index (κ1) is 12.3. The first-order chi connectivity index (χ1) is 7.32. The maximum Gasteiger partial charge on any atom is 0.355 e. The molecule has 1 unspecified atom stereocenters. The van der Waals surface area contributed by atoms with Gasteiger partial charge in [-0.1, -0.05) is 16.4 Å². The first-order valence-electron chi connectivity index (χ1n) is 3.94. The summed E-state index contributed by atoms with van der Waals surface area (Å²) >= 11 is 0. The van der Waals surface area contributed by atoms with E-state index < -0.39 is 32.0 Å². The summed E-state index contributed by atoms with van der Waals surface area (Å²) in [5.41, 5.74) is -2.07. The highest BCUT2D eigenvalue weighted by Crippen LogP contribution is 2.30. The molecule has 1 aliphatic carbocycles. The Labute approximate surface area is 90.2 Å². The second kappa shape index (κ2) is 3.98. The van der Waals surface area contributed by atoms with Crippen molar-refractivity contribution in [2.45, 2.75) is 12.1 Å². The van der Waals surface area contributed by atoms with E-state index in [4.69, 9.17) is 10.4 Å². The van der Waals surface area contributed by atoms with Gasteiger partial charge in [0.25, 0.3) is 10.1 Å². The third kappa shape index (κ3) is 2.23. The molecule has 0 aromatic heterocycles. The van der Waals surface area contributed by atoms with Gasteiger partial charge in [-0.3, -0.25) is 14.7 Å². The Balaban J connectivity index is 3.20. The SMILES string of the molecule is NN=NC1([N+](=O)[O-])C=CC=C(S(=O)(=O)O)C1. The molecule has 1 atom stereocenters. The minimum Gasteiger partial charge on any atom is -0.305 e. The Morgan fingerprint density at radius 2 is 2.25 bits per heavy atom. The van der Waals surface area contributed by atoms with E-state index in [9.17, 15) is 18.5 Å². The minimum atomic E-state index is -4.49. The lowest BCUT2D eigenvalue weighted by Crippen LogP contribution is -2.36. The molecule has 1 rings (SSSR count). The normalized spacial score (nSPS) is 25.7. The smallest absolute Gasteiger partial charge is 0.305 e. The Hall–Kier alpha value is -1.81. The summed E-state index contributed by atoms with van der Waals surface area (Å²) < 4.78 is 30.4. The standard InChI is InChI=1S/C6H8N4O5S/c7-9-8-6(10(11)12)3-1-2-5(4-6)16(13,14)15/h1-3H,4H2,(H2,7,8)(H,13,14,15). The summed E-state index contributed by atoms with van der Waals surface area (Å²) in [7, 11) is -4.49. The first-order valence-corrected chi connectivity index (χ1v) is 5.38. The lowest BCUT2D eigenvalue weighted by molar-refractivity contribution is -0.554. The van der Waals surface area contributed by atoms with Gasteiger partial charge in [-0.2, -0.15) is 8.42 Å². The van der Waals surface area contributed by atoms with Gasteiger partial charge >= 0.3 is 5.66 Å². The number of nitro groups is 1. The Morgan fingerprint density at radius 1 is 1.62 bits per heavy atom. The largest absolute Gasteiger partial charge is 0.355 e. The molecule has 0 bridgehead atoms. The van der Waals surface area contributed by atoms with Crippen molar-refractivity contribution in [1.29, 1.82) is 0 Å². The third-order valence-electron chi connectivity index (χ3n) is 1.96. The van der Waals surface area contributed by atoms with E-state index in [1.807, 2.05) is 0 Å². The molecule has 3 N–H and O–H groups in total. The lowest BCUT2D eigenvalue weighted by Gasteiger charge is -2.18. The van der Waals surface area contributed by atoms with Crippen LogP contribution in [0.3, 0.4) is 0 Å². The average molecular weight is 248 g/mol. The Kier molecular flexibility index (Phi) is 3.05. The lowest BCUT2D eigenvalue weighted by atomic mass is 10.0. The number of hydrogen-bond donors (Lipinski definition) is 2. The van der Waals surface area contributed by atoms with Crippen LogP contribution in [0.15, 0.2) is 33.5 Å². The maximum absolute atomic E-state index is 10.8. The van der Waals surface area contributed by atoms with Gasteiger partial charge in [0, 0.05) is 6.08 Å². The second-order valence-electron chi connectivity index (χ2n) is 3.00. The molecule has 0 fully saturated rings. The molecule has 16 heavy (non-hydrogen) atoms. The predicted octanol–water partition coefficient (Wildman–Crippen LogP) is 0.0169. The van der Waals surface area contributed by atoms with Gasteiger partial charge in [0.2, 0.25) is 0 Å². The van der Waals surface area contributed by atoms with Crippen molar-refractivity contribution in [1.82, 2.24) is 0 Å². The van der Waals surface area contributed by atoms with Gasteiger partial charge in [-0.25, -0.2) is 0 Å². The highest BCUT2D eigenvalue weighted by Gasteiger charge is 2.45. The number of hydrogen-bond acceptors (Lipinski definition) is 6. The highest BCUT2D eigenvalue weighted by molar-refractivity contribution is 7.89. The van der Waals surface area contributed by atoms with Crippen molar-refractivity contribution in [2.24, 2.45) is 16.2 Å². The van der Waals surface area contributed by atoms with Gasteiger partial charge in [-0.15, -0.1) is 0 Å². The molecule has 1 aliphatic rings. The second-order valence-corrected chi connectivity index (χ2v) is 4.47. The van der Waals surface area contributed by atoms with E-state index >= 15 is 0 Å². The van der Waals surface area contributed by atoms with Gasteiger partial charge in [0.15, 0.2) is 0 Å². The quantitative estimate of drug-likeness (QED) is 0.236. The molecule has 0 radical (unpaired) electrons. The van der Waals surface area contributed by atoms with Crippen molar-refractivity contribution in [2.75, 3.05) is 0 Å². The van der Waals surface area contributed by atoms with E-state index in [0.717, 1.165) is 18.2 Å². The van der Waals surface area contributed by atoms with Gasteiger partial charge in [-0.05, 0) is 6.08 Å². The number of nitrogens with zero attached hydrogens (tertiary/aromatic N) is 3.